The van der Waals surface area contributed by atoms with Crippen LogP contribution >= 0.6 is 12.2 Å². The Hall–Kier alpha value is -2.53. The lowest BCUT2D eigenvalue weighted by molar-refractivity contribution is -0.150. The Labute approximate surface area is 197 Å². The molecular formula is C27H33NO3S. The maximum Gasteiger partial charge on any atom is 0.291 e. The fourth-order valence-corrected chi connectivity index (χ4v) is 4.33. The van der Waals surface area contributed by atoms with Crippen LogP contribution in [-0.2, 0) is 14.3 Å². The summed E-state index contributed by atoms with van der Waals surface area (Å²) >= 11 is 5.67. The molecule has 32 heavy (non-hydrogen) atoms. The van der Waals surface area contributed by atoms with Crippen molar-refractivity contribution >= 4 is 29.0 Å². The van der Waals surface area contributed by atoms with Crippen LogP contribution in [0.3, 0.4) is 0 Å². The molecule has 4 nitrogen and oxygen atoms in total. The van der Waals surface area contributed by atoms with E-state index in [2.05, 4.69) is 24.3 Å². The number of amides is 1. The highest BCUT2D eigenvalue weighted by Crippen LogP contribution is 2.28. The number of ether oxygens (including phenoxy) is 1. The van der Waals surface area contributed by atoms with Crippen molar-refractivity contribution in [3.05, 3.63) is 71.8 Å². The highest BCUT2D eigenvalue weighted by atomic mass is 32.1. The van der Waals surface area contributed by atoms with Gasteiger partial charge in [-0.3, -0.25) is 9.59 Å². The van der Waals surface area contributed by atoms with Gasteiger partial charge in [0.1, 0.15) is 6.04 Å². The zero-order valence-electron chi connectivity index (χ0n) is 19.3. The normalized spacial score (nSPS) is 16.6. The van der Waals surface area contributed by atoms with Crippen molar-refractivity contribution in [3.63, 3.8) is 0 Å². The summed E-state index contributed by atoms with van der Waals surface area (Å²) in [6, 6.07) is 20.1. The fraction of sp³-hybridized carbons (Fsp3) is 0.444. The number of nitrogens with zero attached hydrogens (tertiary/aromatic N) is 1. The summed E-state index contributed by atoms with van der Waals surface area (Å²) in [7, 11) is 0. The van der Waals surface area contributed by atoms with Gasteiger partial charge in [0.25, 0.3) is 5.91 Å². The number of Topliss-reactive ketones (excluding diaryl/α,β-unsaturated/α-hetero) is 1. The summed E-state index contributed by atoms with van der Waals surface area (Å²) in [6.45, 7) is 6.51. The van der Waals surface area contributed by atoms with E-state index in [1.54, 1.807) is 4.90 Å². The molecule has 0 unspecified atom stereocenters. The Bertz CT molecular complexity index is 887. The highest BCUT2D eigenvalue weighted by molar-refractivity contribution is 7.80. The Morgan fingerprint density at radius 1 is 1.03 bits per heavy atom. The molecule has 1 aliphatic heterocycles. The molecule has 0 spiro atoms. The summed E-state index contributed by atoms with van der Waals surface area (Å²) in [5.74, 6) is -0.750. The largest absolute Gasteiger partial charge is 0.484 e. The van der Waals surface area contributed by atoms with E-state index in [1.165, 1.54) is 0 Å². The molecule has 0 N–H and O–H groups in total. The Balaban J connectivity index is 1.75. The standard InChI is InChI=1S/C27H33NO3S/c1-4-27(2,3)24(29)25(30)28-18-12-11-17-23(28)26(32)31-19-22(20-13-7-5-8-14-20)21-15-9-6-10-16-21/h5-10,13-16,22-23H,4,11-12,17-19H2,1-3H3/t23-/m0/s1. The van der Waals surface area contributed by atoms with Gasteiger partial charge in [-0.1, -0.05) is 81.4 Å². The minimum absolute atomic E-state index is 0.0312. The first-order valence-electron chi connectivity index (χ1n) is 11.5. The van der Waals surface area contributed by atoms with E-state index in [0.717, 1.165) is 30.4 Å². The van der Waals surface area contributed by atoms with Gasteiger partial charge in [0.15, 0.2) is 5.05 Å². The molecule has 5 heteroatoms. The van der Waals surface area contributed by atoms with Crippen LogP contribution in [0.15, 0.2) is 60.7 Å². The number of hydrogen-bond acceptors (Lipinski definition) is 4. The second-order valence-corrected chi connectivity index (χ2v) is 9.48. The third-order valence-corrected chi connectivity index (χ3v) is 6.91. The second kappa shape index (κ2) is 10.9. The molecule has 0 bridgehead atoms. The second-order valence-electron chi connectivity index (χ2n) is 9.08. The Morgan fingerprint density at radius 3 is 2.12 bits per heavy atom. The Morgan fingerprint density at radius 2 is 1.59 bits per heavy atom. The zero-order valence-corrected chi connectivity index (χ0v) is 20.1. The minimum Gasteiger partial charge on any atom is -0.484 e. The van der Waals surface area contributed by atoms with Crippen molar-refractivity contribution in [1.82, 2.24) is 4.90 Å². The number of carbonyl (C=O) groups is 2. The van der Waals surface area contributed by atoms with E-state index in [9.17, 15) is 9.59 Å². The van der Waals surface area contributed by atoms with Crippen LogP contribution in [0.2, 0.25) is 0 Å². The quantitative estimate of drug-likeness (QED) is 0.390. The average Bonchev–Trinajstić information content (AvgIpc) is 2.84. The summed E-state index contributed by atoms with van der Waals surface area (Å²) < 4.78 is 6.15. The molecule has 1 amide bonds. The summed E-state index contributed by atoms with van der Waals surface area (Å²) in [5, 5.41) is 0.400. The SMILES string of the molecule is CCC(C)(C)C(=O)C(=O)N1CCCC[C@H]1C(=S)OCC(c1ccccc1)c1ccccc1. The predicted molar refractivity (Wildman–Crippen MR) is 132 cm³/mol. The van der Waals surface area contributed by atoms with Gasteiger partial charge in [-0.25, -0.2) is 0 Å². The molecule has 0 saturated carbocycles. The van der Waals surface area contributed by atoms with Gasteiger partial charge in [0.05, 0.1) is 6.61 Å². The number of ketones is 1. The molecule has 0 radical (unpaired) electrons. The van der Waals surface area contributed by atoms with Gasteiger partial charge >= 0.3 is 0 Å². The van der Waals surface area contributed by atoms with Gasteiger partial charge in [-0.05, 0) is 49.0 Å². The molecule has 170 valence electrons. The summed E-state index contributed by atoms with van der Waals surface area (Å²) in [5.41, 5.74) is 1.63. The average molecular weight is 452 g/mol. The minimum atomic E-state index is -0.673. The van der Waals surface area contributed by atoms with E-state index < -0.39 is 11.3 Å². The number of likely N-dealkylation sites (tertiary alicyclic amines) is 1. The third-order valence-electron chi connectivity index (χ3n) is 6.52. The molecule has 1 aliphatic rings. The molecule has 0 aliphatic carbocycles. The van der Waals surface area contributed by atoms with Crippen molar-refractivity contribution < 1.29 is 14.3 Å². The lowest BCUT2D eigenvalue weighted by Gasteiger charge is -2.37. The van der Waals surface area contributed by atoms with Crippen molar-refractivity contribution in [2.45, 2.75) is 58.4 Å². The Kier molecular flexibility index (Phi) is 8.19. The lowest BCUT2D eigenvalue weighted by Crippen LogP contribution is -2.52. The van der Waals surface area contributed by atoms with Crippen LogP contribution in [0.25, 0.3) is 0 Å². The van der Waals surface area contributed by atoms with Crippen molar-refractivity contribution in [2.75, 3.05) is 13.2 Å². The number of hydrogen-bond donors (Lipinski definition) is 0. The smallest absolute Gasteiger partial charge is 0.291 e. The third kappa shape index (κ3) is 5.63. The van der Waals surface area contributed by atoms with Crippen LogP contribution in [0, 0.1) is 5.41 Å². The first kappa shape index (κ1) is 24.1. The maximum atomic E-state index is 13.1. The van der Waals surface area contributed by atoms with E-state index in [4.69, 9.17) is 17.0 Å². The molecule has 0 aromatic heterocycles. The number of carbonyl (C=O) groups excluding carboxylic acids is 2. The van der Waals surface area contributed by atoms with Crippen molar-refractivity contribution in [1.29, 1.82) is 0 Å². The first-order valence-corrected chi connectivity index (χ1v) is 11.9. The van der Waals surface area contributed by atoms with E-state index in [1.807, 2.05) is 57.2 Å². The topological polar surface area (TPSA) is 46.6 Å². The predicted octanol–water partition coefficient (Wildman–Crippen LogP) is 5.55. The molecule has 2 aromatic carbocycles. The van der Waals surface area contributed by atoms with Crippen molar-refractivity contribution in [3.8, 4) is 0 Å². The van der Waals surface area contributed by atoms with Crippen molar-refractivity contribution in [2.24, 2.45) is 5.41 Å². The molecule has 1 saturated heterocycles. The van der Waals surface area contributed by atoms with Crippen LogP contribution in [0.1, 0.15) is 63.5 Å². The maximum absolute atomic E-state index is 13.1. The molecule has 3 rings (SSSR count). The van der Waals surface area contributed by atoms with Gasteiger partial charge in [0, 0.05) is 17.9 Å². The molecule has 1 heterocycles. The highest BCUT2D eigenvalue weighted by Gasteiger charge is 2.39. The molecular weight excluding hydrogens is 418 g/mol. The number of piperidine rings is 1. The van der Waals surface area contributed by atoms with Crippen LogP contribution in [-0.4, -0.2) is 40.8 Å². The lowest BCUT2D eigenvalue weighted by atomic mass is 9.84. The monoisotopic (exact) mass is 451 g/mol. The van der Waals surface area contributed by atoms with Crippen LogP contribution in [0.4, 0.5) is 0 Å². The summed E-state index contributed by atoms with van der Waals surface area (Å²) in [6.07, 6.45) is 3.18. The van der Waals surface area contributed by atoms with E-state index in [0.29, 0.717) is 24.6 Å². The number of rotatable bonds is 8. The van der Waals surface area contributed by atoms with Gasteiger partial charge in [-0.15, -0.1) is 0 Å². The summed E-state index contributed by atoms with van der Waals surface area (Å²) in [4.78, 5) is 27.5. The molecule has 1 atom stereocenters. The number of benzene rings is 2. The molecule has 1 fully saturated rings. The van der Waals surface area contributed by atoms with Crippen LogP contribution in [0.5, 0.6) is 0 Å². The fourth-order valence-electron chi connectivity index (χ4n) is 4.02. The zero-order chi connectivity index (χ0) is 23.1. The first-order chi connectivity index (χ1) is 15.3. The van der Waals surface area contributed by atoms with E-state index in [-0.39, 0.29) is 17.7 Å². The molecule has 2 aromatic rings. The van der Waals surface area contributed by atoms with E-state index >= 15 is 0 Å². The van der Waals surface area contributed by atoms with Gasteiger partial charge in [0.2, 0.25) is 5.78 Å². The van der Waals surface area contributed by atoms with Gasteiger partial charge in [-0.2, -0.15) is 0 Å². The van der Waals surface area contributed by atoms with Crippen LogP contribution < -0.4 is 0 Å². The van der Waals surface area contributed by atoms with Gasteiger partial charge < -0.3 is 9.64 Å². The number of thiocarbonyl (C=S) groups is 1.